The standard InChI is InChI=1S/C16H24F2N2O/c1-20(11-12-6-9-21-10-7-12)8-5-15(19)13-3-2-4-14(17)16(13)18/h2-4,12,15H,5-11,19H2,1H3. The second-order valence-corrected chi connectivity index (χ2v) is 5.86. The zero-order valence-corrected chi connectivity index (χ0v) is 12.5. The van der Waals surface area contributed by atoms with Gasteiger partial charge in [0, 0.05) is 31.4 Å². The van der Waals surface area contributed by atoms with Gasteiger partial charge in [0.25, 0.3) is 0 Å². The summed E-state index contributed by atoms with van der Waals surface area (Å²) in [5, 5.41) is 0. The molecule has 5 heteroatoms. The van der Waals surface area contributed by atoms with Crippen molar-refractivity contribution in [1.82, 2.24) is 4.90 Å². The van der Waals surface area contributed by atoms with Gasteiger partial charge in [-0.15, -0.1) is 0 Å². The predicted molar refractivity (Wildman–Crippen MR) is 78.9 cm³/mol. The molecule has 2 N–H and O–H groups in total. The van der Waals surface area contributed by atoms with Crippen LogP contribution in [0.25, 0.3) is 0 Å². The highest BCUT2D eigenvalue weighted by Crippen LogP contribution is 2.21. The van der Waals surface area contributed by atoms with Crippen LogP contribution < -0.4 is 5.73 Å². The summed E-state index contributed by atoms with van der Waals surface area (Å²) in [5.74, 6) is -0.999. The van der Waals surface area contributed by atoms with Gasteiger partial charge in [-0.25, -0.2) is 8.78 Å². The molecule has 1 heterocycles. The number of nitrogens with two attached hydrogens (primary N) is 1. The van der Waals surface area contributed by atoms with Crippen molar-refractivity contribution in [3.8, 4) is 0 Å². The summed E-state index contributed by atoms with van der Waals surface area (Å²) in [5.41, 5.74) is 6.25. The summed E-state index contributed by atoms with van der Waals surface area (Å²) in [7, 11) is 2.05. The van der Waals surface area contributed by atoms with E-state index in [1.54, 1.807) is 6.07 Å². The van der Waals surface area contributed by atoms with Crippen molar-refractivity contribution in [2.24, 2.45) is 11.7 Å². The lowest BCUT2D eigenvalue weighted by atomic mass is 9.99. The summed E-state index contributed by atoms with van der Waals surface area (Å²) in [6.45, 7) is 3.45. The molecule has 118 valence electrons. The largest absolute Gasteiger partial charge is 0.381 e. The Balaban J connectivity index is 1.80. The normalized spacial score (nSPS) is 18.1. The zero-order valence-electron chi connectivity index (χ0n) is 12.5. The van der Waals surface area contributed by atoms with Crippen molar-refractivity contribution in [2.75, 3.05) is 33.4 Å². The lowest BCUT2D eigenvalue weighted by Gasteiger charge is -2.27. The Hall–Kier alpha value is -1.04. The van der Waals surface area contributed by atoms with E-state index in [2.05, 4.69) is 4.90 Å². The van der Waals surface area contributed by atoms with Crippen LogP contribution in [-0.2, 0) is 4.74 Å². The third-order valence-corrected chi connectivity index (χ3v) is 4.11. The van der Waals surface area contributed by atoms with Gasteiger partial charge in [-0.05, 0) is 44.8 Å². The highest BCUT2D eigenvalue weighted by Gasteiger charge is 2.18. The molecule has 3 nitrogen and oxygen atoms in total. The maximum absolute atomic E-state index is 13.7. The Bertz CT molecular complexity index is 450. The van der Waals surface area contributed by atoms with Gasteiger partial charge >= 0.3 is 0 Å². The van der Waals surface area contributed by atoms with Crippen LogP contribution in [0.15, 0.2) is 18.2 Å². The lowest BCUT2D eigenvalue weighted by molar-refractivity contribution is 0.0554. The minimum absolute atomic E-state index is 0.259. The third-order valence-electron chi connectivity index (χ3n) is 4.11. The molecular weight excluding hydrogens is 274 g/mol. The SMILES string of the molecule is CN(CCC(N)c1cccc(F)c1F)CC1CCOCC1. The van der Waals surface area contributed by atoms with Crippen molar-refractivity contribution >= 4 is 0 Å². The molecule has 0 aliphatic carbocycles. The molecule has 1 saturated heterocycles. The number of hydrogen-bond acceptors (Lipinski definition) is 3. The van der Waals surface area contributed by atoms with E-state index < -0.39 is 17.7 Å². The van der Waals surface area contributed by atoms with Crippen LogP contribution in [0.4, 0.5) is 8.78 Å². The van der Waals surface area contributed by atoms with Gasteiger partial charge in [0.05, 0.1) is 0 Å². The molecule has 0 spiro atoms. The average Bonchev–Trinajstić information content (AvgIpc) is 2.48. The summed E-state index contributed by atoms with van der Waals surface area (Å²) >= 11 is 0. The molecule has 21 heavy (non-hydrogen) atoms. The van der Waals surface area contributed by atoms with E-state index in [4.69, 9.17) is 10.5 Å². The fourth-order valence-electron chi connectivity index (χ4n) is 2.78. The van der Waals surface area contributed by atoms with Crippen LogP contribution in [0, 0.1) is 17.6 Å². The predicted octanol–water partition coefficient (Wildman–Crippen LogP) is 2.71. The van der Waals surface area contributed by atoms with E-state index in [0.29, 0.717) is 12.3 Å². The van der Waals surface area contributed by atoms with E-state index in [-0.39, 0.29) is 5.56 Å². The van der Waals surface area contributed by atoms with Crippen LogP contribution in [0.3, 0.4) is 0 Å². The van der Waals surface area contributed by atoms with Crippen molar-refractivity contribution in [3.63, 3.8) is 0 Å². The van der Waals surface area contributed by atoms with Gasteiger partial charge in [0.15, 0.2) is 11.6 Å². The quantitative estimate of drug-likeness (QED) is 0.877. The first-order chi connectivity index (χ1) is 10.1. The molecule has 0 saturated carbocycles. The minimum atomic E-state index is -0.835. The van der Waals surface area contributed by atoms with E-state index >= 15 is 0 Å². The summed E-state index contributed by atoms with van der Waals surface area (Å²) < 4.78 is 32.2. The molecule has 1 fully saturated rings. The molecule has 1 aromatic carbocycles. The number of nitrogens with zero attached hydrogens (tertiary/aromatic N) is 1. The van der Waals surface area contributed by atoms with Crippen LogP contribution in [-0.4, -0.2) is 38.3 Å². The minimum Gasteiger partial charge on any atom is -0.381 e. The topological polar surface area (TPSA) is 38.5 Å². The lowest BCUT2D eigenvalue weighted by Crippen LogP contribution is -2.31. The van der Waals surface area contributed by atoms with Crippen LogP contribution in [0.1, 0.15) is 30.9 Å². The van der Waals surface area contributed by atoms with Gasteiger partial charge < -0.3 is 15.4 Å². The molecule has 1 aliphatic rings. The molecule has 0 bridgehead atoms. The van der Waals surface area contributed by atoms with Crippen molar-refractivity contribution in [2.45, 2.75) is 25.3 Å². The number of ether oxygens (including phenoxy) is 1. The molecule has 2 rings (SSSR count). The number of hydrogen-bond donors (Lipinski definition) is 1. The monoisotopic (exact) mass is 298 g/mol. The Morgan fingerprint density at radius 2 is 2.05 bits per heavy atom. The van der Waals surface area contributed by atoms with Crippen molar-refractivity contribution < 1.29 is 13.5 Å². The molecule has 1 aromatic rings. The Morgan fingerprint density at radius 3 is 2.76 bits per heavy atom. The van der Waals surface area contributed by atoms with Crippen molar-refractivity contribution in [1.29, 1.82) is 0 Å². The van der Waals surface area contributed by atoms with E-state index in [9.17, 15) is 8.78 Å². The first kappa shape index (κ1) is 16.3. The van der Waals surface area contributed by atoms with Crippen LogP contribution in [0.5, 0.6) is 0 Å². The Morgan fingerprint density at radius 1 is 1.33 bits per heavy atom. The van der Waals surface area contributed by atoms with Gasteiger partial charge in [0.1, 0.15) is 0 Å². The fraction of sp³-hybridized carbons (Fsp3) is 0.625. The van der Waals surface area contributed by atoms with Gasteiger partial charge in [-0.1, -0.05) is 12.1 Å². The molecule has 1 unspecified atom stereocenters. The van der Waals surface area contributed by atoms with Crippen LogP contribution >= 0.6 is 0 Å². The van der Waals surface area contributed by atoms with E-state index in [1.165, 1.54) is 6.07 Å². The van der Waals surface area contributed by atoms with E-state index in [0.717, 1.165) is 45.2 Å². The molecule has 1 atom stereocenters. The second-order valence-electron chi connectivity index (χ2n) is 5.86. The Labute approximate surface area is 125 Å². The molecular formula is C16H24F2N2O. The highest BCUT2D eigenvalue weighted by atomic mass is 19.2. The van der Waals surface area contributed by atoms with Gasteiger partial charge in [0.2, 0.25) is 0 Å². The summed E-state index contributed by atoms with van der Waals surface area (Å²) in [6.07, 6.45) is 2.80. The number of halogens is 2. The molecule has 0 radical (unpaired) electrons. The molecule has 0 amide bonds. The third kappa shape index (κ3) is 4.73. The van der Waals surface area contributed by atoms with Gasteiger partial charge in [-0.3, -0.25) is 0 Å². The first-order valence-corrected chi connectivity index (χ1v) is 7.53. The molecule has 0 aromatic heterocycles. The maximum atomic E-state index is 13.7. The van der Waals surface area contributed by atoms with Crippen molar-refractivity contribution in [3.05, 3.63) is 35.4 Å². The summed E-state index contributed by atoms with van der Waals surface area (Å²) in [6, 6.07) is 3.70. The zero-order chi connectivity index (χ0) is 15.2. The summed E-state index contributed by atoms with van der Waals surface area (Å²) in [4.78, 5) is 2.22. The maximum Gasteiger partial charge on any atom is 0.163 e. The first-order valence-electron chi connectivity index (χ1n) is 7.53. The van der Waals surface area contributed by atoms with Crippen LogP contribution in [0.2, 0.25) is 0 Å². The number of benzene rings is 1. The Kier molecular flexibility index (Phi) is 6.08. The average molecular weight is 298 g/mol. The highest BCUT2D eigenvalue weighted by molar-refractivity contribution is 5.22. The van der Waals surface area contributed by atoms with E-state index in [1.807, 2.05) is 7.05 Å². The molecule has 1 aliphatic heterocycles. The van der Waals surface area contributed by atoms with Gasteiger partial charge in [-0.2, -0.15) is 0 Å². The number of rotatable bonds is 6. The second kappa shape index (κ2) is 7.82. The smallest absolute Gasteiger partial charge is 0.163 e. The fourth-order valence-corrected chi connectivity index (χ4v) is 2.78.